The summed E-state index contributed by atoms with van der Waals surface area (Å²) in [5, 5.41) is 0. The lowest BCUT2D eigenvalue weighted by molar-refractivity contribution is 0.340. The Kier molecular flexibility index (Phi) is 3.53. The van der Waals surface area contributed by atoms with Crippen LogP contribution >= 0.6 is 34.1 Å². The van der Waals surface area contributed by atoms with Crippen LogP contribution in [0.5, 0.6) is 5.75 Å². The molecular weight excluding hydrogens is 323 g/mol. The quantitative estimate of drug-likeness (QED) is 0.810. The number of nitrogens with zero attached hydrogens (tertiary/aromatic N) is 2. The van der Waals surface area contributed by atoms with Crippen molar-refractivity contribution in [3.8, 4) is 17.1 Å². The Hall–Kier alpha value is -0.690. The second-order valence-electron chi connectivity index (χ2n) is 2.83. The number of hydrogen-bond donors (Lipinski definition) is 0. The summed E-state index contributed by atoms with van der Waals surface area (Å²) < 4.78 is 10.6. The van der Waals surface area contributed by atoms with Gasteiger partial charge in [-0.1, -0.05) is 12.1 Å². The summed E-state index contributed by atoms with van der Waals surface area (Å²) in [7, 11) is 0. The molecule has 0 N–H and O–H groups in total. The van der Waals surface area contributed by atoms with Crippen molar-refractivity contribution >= 4 is 34.1 Å². The number of ether oxygens (including phenoxy) is 1. The second kappa shape index (κ2) is 4.89. The van der Waals surface area contributed by atoms with Gasteiger partial charge in [0.25, 0.3) is 0 Å². The molecule has 0 bridgehead atoms. The summed E-state index contributed by atoms with van der Waals surface area (Å²) in [5.41, 5.74) is 1.00. The first-order valence-corrected chi connectivity index (χ1v) is 6.37. The van der Waals surface area contributed by atoms with Crippen molar-refractivity contribution in [3.05, 3.63) is 27.3 Å². The summed E-state index contributed by atoms with van der Waals surface area (Å²) in [4.78, 5) is 4.32. The topological polar surface area (TPSA) is 35.0 Å². The molecular formula is C10H9IN2OS. The van der Waals surface area contributed by atoms with Crippen molar-refractivity contribution in [2.75, 3.05) is 6.61 Å². The summed E-state index contributed by atoms with van der Waals surface area (Å²) in [6.07, 6.45) is 0. The fourth-order valence-corrected chi connectivity index (χ4v) is 2.17. The van der Waals surface area contributed by atoms with Gasteiger partial charge in [0, 0.05) is 5.56 Å². The Bertz CT molecular complexity index is 458. The fourth-order valence-electron chi connectivity index (χ4n) is 1.21. The van der Waals surface area contributed by atoms with Gasteiger partial charge in [-0.2, -0.15) is 4.37 Å². The SMILES string of the molecule is CCOc1cccc(-c2nsc(I)n2)c1. The molecule has 0 unspecified atom stereocenters. The molecule has 1 aromatic carbocycles. The Morgan fingerprint density at radius 2 is 2.33 bits per heavy atom. The highest BCUT2D eigenvalue weighted by Gasteiger charge is 2.05. The lowest BCUT2D eigenvalue weighted by Gasteiger charge is -2.03. The molecule has 15 heavy (non-hydrogen) atoms. The third kappa shape index (κ3) is 2.66. The van der Waals surface area contributed by atoms with E-state index in [4.69, 9.17) is 4.74 Å². The minimum atomic E-state index is 0.672. The van der Waals surface area contributed by atoms with E-state index in [1.165, 1.54) is 11.5 Å². The highest BCUT2D eigenvalue weighted by Crippen LogP contribution is 2.23. The van der Waals surface area contributed by atoms with E-state index in [2.05, 4.69) is 31.9 Å². The van der Waals surface area contributed by atoms with Crippen molar-refractivity contribution in [3.63, 3.8) is 0 Å². The van der Waals surface area contributed by atoms with Crippen LogP contribution in [0, 0.1) is 3.01 Å². The lowest BCUT2D eigenvalue weighted by atomic mass is 10.2. The van der Waals surface area contributed by atoms with Crippen molar-refractivity contribution in [1.29, 1.82) is 0 Å². The number of hydrogen-bond acceptors (Lipinski definition) is 4. The van der Waals surface area contributed by atoms with Crippen molar-refractivity contribution in [1.82, 2.24) is 9.36 Å². The van der Waals surface area contributed by atoms with E-state index < -0.39 is 0 Å². The molecule has 0 aliphatic rings. The molecule has 5 heteroatoms. The smallest absolute Gasteiger partial charge is 0.174 e. The number of aromatic nitrogens is 2. The highest BCUT2D eigenvalue weighted by atomic mass is 127. The molecule has 1 aromatic heterocycles. The van der Waals surface area contributed by atoms with Gasteiger partial charge in [-0.3, -0.25) is 0 Å². The number of rotatable bonds is 3. The predicted molar refractivity (Wildman–Crippen MR) is 69.2 cm³/mol. The first kappa shape index (κ1) is 10.8. The molecule has 2 aromatic rings. The zero-order valence-corrected chi connectivity index (χ0v) is 11.1. The molecule has 3 nitrogen and oxygen atoms in total. The van der Waals surface area contributed by atoms with E-state index in [1.54, 1.807) is 0 Å². The molecule has 0 fully saturated rings. The molecule has 2 rings (SSSR count). The molecule has 0 aliphatic heterocycles. The van der Waals surface area contributed by atoms with Gasteiger partial charge >= 0.3 is 0 Å². The van der Waals surface area contributed by atoms with Crippen LogP contribution in [0.3, 0.4) is 0 Å². The summed E-state index contributed by atoms with van der Waals surface area (Å²) in [6.45, 7) is 2.64. The lowest BCUT2D eigenvalue weighted by Crippen LogP contribution is -1.91. The zero-order valence-electron chi connectivity index (χ0n) is 8.11. The van der Waals surface area contributed by atoms with Gasteiger partial charge < -0.3 is 4.74 Å². The van der Waals surface area contributed by atoms with E-state index in [0.717, 1.165) is 20.2 Å². The van der Waals surface area contributed by atoms with Gasteiger partial charge in [-0.15, -0.1) is 0 Å². The molecule has 0 atom stereocenters. The number of halogens is 1. The van der Waals surface area contributed by atoms with E-state index in [0.29, 0.717) is 6.61 Å². The molecule has 78 valence electrons. The van der Waals surface area contributed by atoms with E-state index >= 15 is 0 Å². The van der Waals surface area contributed by atoms with Crippen LogP contribution in [0.2, 0.25) is 0 Å². The molecule has 0 radical (unpaired) electrons. The summed E-state index contributed by atoms with van der Waals surface area (Å²) >= 11 is 3.57. The van der Waals surface area contributed by atoms with Crippen LogP contribution in [-0.2, 0) is 0 Å². The van der Waals surface area contributed by atoms with Crippen molar-refractivity contribution < 1.29 is 4.74 Å². The minimum Gasteiger partial charge on any atom is -0.494 e. The first-order valence-electron chi connectivity index (χ1n) is 4.52. The molecule has 0 spiro atoms. The zero-order chi connectivity index (χ0) is 10.7. The van der Waals surface area contributed by atoms with E-state index in [-0.39, 0.29) is 0 Å². The van der Waals surface area contributed by atoms with E-state index in [1.807, 2.05) is 31.2 Å². The van der Waals surface area contributed by atoms with Crippen LogP contribution in [0.25, 0.3) is 11.4 Å². The third-order valence-corrected chi connectivity index (χ3v) is 3.14. The molecule has 0 saturated carbocycles. The van der Waals surface area contributed by atoms with Gasteiger partial charge in [0.15, 0.2) is 8.84 Å². The van der Waals surface area contributed by atoms with Gasteiger partial charge in [0.05, 0.1) is 6.61 Å². The van der Waals surface area contributed by atoms with Crippen LogP contribution in [0.4, 0.5) is 0 Å². The molecule has 0 amide bonds. The Balaban J connectivity index is 2.32. The molecule has 1 heterocycles. The van der Waals surface area contributed by atoms with Crippen molar-refractivity contribution in [2.45, 2.75) is 6.92 Å². The Morgan fingerprint density at radius 1 is 1.47 bits per heavy atom. The third-order valence-electron chi connectivity index (χ3n) is 1.80. The minimum absolute atomic E-state index is 0.672. The largest absolute Gasteiger partial charge is 0.494 e. The monoisotopic (exact) mass is 332 g/mol. The van der Waals surface area contributed by atoms with Crippen LogP contribution in [0.15, 0.2) is 24.3 Å². The van der Waals surface area contributed by atoms with Gasteiger partial charge in [-0.25, -0.2) is 4.98 Å². The Labute approximate surface area is 106 Å². The van der Waals surface area contributed by atoms with Crippen molar-refractivity contribution in [2.24, 2.45) is 0 Å². The van der Waals surface area contributed by atoms with E-state index in [9.17, 15) is 0 Å². The van der Waals surface area contributed by atoms with Gasteiger partial charge in [0.2, 0.25) is 0 Å². The highest BCUT2D eigenvalue weighted by molar-refractivity contribution is 14.1. The van der Waals surface area contributed by atoms with Crippen LogP contribution in [0.1, 0.15) is 6.92 Å². The maximum atomic E-state index is 5.42. The van der Waals surface area contributed by atoms with Gasteiger partial charge in [0.1, 0.15) is 5.75 Å². The van der Waals surface area contributed by atoms with Gasteiger partial charge in [-0.05, 0) is 53.2 Å². The second-order valence-corrected chi connectivity index (χ2v) is 5.34. The first-order chi connectivity index (χ1) is 7.29. The summed E-state index contributed by atoms with van der Waals surface area (Å²) in [5.74, 6) is 1.63. The standard InChI is InChI=1S/C10H9IN2OS/c1-2-14-8-5-3-4-7(6-8)9-12-10(11)15-13-9/h3-6H,2H2,1H3. The van der Waals surface area contributed by atoms with Crippen LogP contribution < -0.4 is 4.74 Å². The normalized spacial score (nSPS) is 10.3. The maximum Gasteiger partial charge on any atom is 0.174 e. The average Bonchev–Trinajstić information content (AvgIpc) is 2.66. The molecule has 0 aliphatic carbocycles. The maximum absolute atomic E-state index is 5.42. The Morgan fingerprint density at radius 3 is 3.00 bits per heavy atom. The van der Waals surface area contributed by atoms with Crippen LogP contribution in [-0.4, -0.2) is 16.0 Å². The predicted octanol–water partition coefficient (Wildman–Crippen LogP) is 3.21. The average molecular weight is 332 g/mol. The molecule has 0 saturated heterocycles. The number of benzene rings is 1. The summed E-state index contributed by atoms with van der Waals surface area (Å²) in [6, 6.07) is 7.83. The fraction of sp³-hybridized carbons (Fsp3) is 0.200.